The molecule has 132 valence electrons. The molecule has 0 bridgehead atoms. The summed E-state index contributed by atoms with van der Waals surface area (Å²) >= 11 is 8.15. The van der Waals surface area contributed by atoms with Gasteiger partial charge in [0.15, 0.2) is 0 Å². The first-order valence-corrected chi connectivity index (χ1v) is 9.69. The van der Waals surface area contributed by atoms with Gasteiger partial charge in [-0.1, -0.05) is 41.9 Å². The van der Waals surface area contributed by atoms with Crippen LogP contribution in [0.1, 0.15) is 22.8 Å². The number of benzene rings is 2. The summed E-state index contributed by atoms with van der Waals surface area (Å²) in [5.41, 5.74) is 2.02. The van der Waals surface area contributed by atoms with Gasteiger partial charge in [-0.25, -0.2) is 9.18 Å². The molecule has 3 nitrogen and oxygen atoms in total. The first-order valence-electron chi connectivity index (χ1n) is 8.27. The standard InChI is InChI=1S/C19H20ClFN2OS/c20-17-4-2-1-3-16(17)18-9-10-23(11-12-25-18)19(24)22-13-14-5-7-15(21)8-6-14/h1-8,18H,9-13H2,(H,22,24)/t18-/m1/s1. The second kappa shape index (κ2) is 8.59. The minimum atomic E-state index is -0.273. The third kappa shape index (κ3) is 4.89. The van der Waals surface area contributed by atoms with Gasteiger partial charge in [0.25, 0.3) is 0 Å². The summed E-state index contributed by atoms with van der Waals surface area (Å²) in [6, 6.07) is 14.0. The average molecular weight is 379 g/mol. The monoisotopic (exact) mass is 378 g/mol. The number of hydrogen-bond donors (Lipinski definition) is 1. The summed E-state index contributed by atoms with van der Waals surface area (Å²) in [5.74, 6) is 0.602. The van der Waals surface area contributed by atoms with E-state index in [4.69, 9.17) is 11.6 Å². The van der Waals surface area contributed by atoms with Gasteiger partial charge < -0.3 is 10.2 Å². The van der Waals surface area contributed by atoms with Gasteiger partial charge in [-0.2, -0.15) is 11.8 Å². The predicted octanol–water partition coefficient (Wildman–Crippen LogP) is 4.87. The number of nitrogens with one attached hydrogen (secondary N) is 1. The Morgan fingerprint density at radius 3 is 2.72 bits per heavy atom. The second-order valence-corrected chi connectivity index (χ2v) is 7.66. The first-order chi connectivity index (χ1) is 12.1. The quantitative estimate of drug-likeness (QED) is 0.826. The molecule has 0 aromatic heterocycles. The molecule has 3 rings (SSSR count). The molecule has 25 heavy (non-hydrogen) atoms. The van der Waals surface area contributed by atoms with Crippen molar-refractivity contribution in [2.75, 3.05) is 18.8 Å². The third-order valence-corrected chi connectivity index (χ3v) is 5.89. The Balaban J connectivity index is 1.54. The van der Waals surface area contributed by atoms with Crippen LogP contribution < -0.4 is 5.32 Å². The highest BCUT2D eigenvalue weighted by molar-refractivity contribution is 7.99. The number of carbonyl (C=O) groups excluding carboxylic acids is 1. The molecular formula is C19H20ClFN2OS. The lowest BCUT2D eigenvalue weighted by Crippen LogP contribution is -2.40. The second-order valence-electron chi connectivity index (χ2n) is 5.94. The van der Waals surface area contributed by atoms with Gasteiger partial charge in [0.05, 0.1) is 0 Å². The van der Waals surface area contributed by atoms with Crippen LogP contribution in [-0.4, -0.2) is 29.8 Å². The lowest BCUT2D eigenvalue weighted by Gasteiger charge is -2.21. The van der Waals surface area contributed by atoms with Crippen LogP contribution in [0.5, 0.6) is 0 Å². The van der Waals surface area contributed by atoms with E-state index in [1.807, 2.05) is 34.9 Å². The van der Waals surface area contributed by atoms with E-state index in [9.17, 15) is 9.18 Å². The molecule has 0 saturated carbocycles. The lowest BCUT2D eigenvalue weighted by atomic mass is 10.1. The van der Waals surface area contributed by atoms with Crippen molar-refractivity contribution in [3.05, 3.63) is 70.5 Å². The smallest absolute Gasteiger partial charge is 0.317 e. The van der Waals surface area contributed by atoms with E-state index in [1.165, 1.54) is 12.1 Å². The molecule has 0 radical (unpaired) electrons. The number of carbonyl (C=O) groups is 1. The third-order valence-electron chi connectivity index (χ3n) is 4.24. The summed E-state index contributed by atoms with van der Waals surface area (Å²) in [4.78, 5) is 14.2. The number of hydrogen-bond acceptors (Lipinski definition) is 2. The Morgan fingerprint density at radius 1 is 1.20 bits per heavy atom. The van der Waals surface area contributed by atoms with Gasteiger partial charge in [-0.05, 0) is 35.7 Å². The topological polar surface area (TPSA) is 32.3 Å². The Bertz CT molecular complexity index is 726. The van der Waals surface area contributed by atoms with Crippen LogP contribution in [0.4, 0.5) is 9.18 Å². The molecule has 1 N–H and O–H groups in total. The van der Waals surface area contributed by atoms with E-state index in [0.29, 0.717) is 24.9 Å². The molecule has 0 spiro atoms. The van der Waals surface area contributed by atoms with Gasteiger partial charge in [-0.3, -0.25) is 0 Å². The molecule has 0 unspecified atom stereocenters. The van der Waals surface area contributed by atoms with E-state index in [2.05, 4.69) is 11.4 Å². The first kappa shape index (κ1) is 18.1. The zero-order chi connectivity index (χ0) is 17.6. The van der Waals surface area contributed by atoms with Crippen molar-refractivity contribution in [1.82, 2.24) is 10.2 Å². The van der Waals surface area contributed by atoms with Crippen molar-refractivity contribution in [1.29, 1.82) is 0 Å². The van der Waals surface area contributed by atoms with Crippen molar-refractivity contribution in [2.45, 2.75) is 18.2 Å². The Labute approximate surface area is 156 Å². The Kier molecular flexibility index (Phi) is 6.21. The number of amides is 2. The number of nitrogens with zero attached hydrogens (tertiary/aromatic N) is 1. The van der Waals surface area contributed by atoms with Gasteiger partial charge in [0.2, 0.25) is 0 Å². The maximum atomic E-state index is 12.9. The fraction of sp³-hybridized carbons (Fsp3) is 0.316. The Hall–Kier alpha value is -1.72. The summed E-state index contributed by atoms with van der Waals surface area (Å²) in [6.45, 7) is 1.80. The fourth-order valence-electron chi connectivity index (χ4n) is 2.85. The van der Waals surface area contributed by atoms with E-state index in [1.54, 1.807) is 12.1 Å². The van der Waals surface area contributed by atoms with Crippen molar-refractivity contribution in [3.8, 4) is 0 Å². The van der Waals surface area contributed by atoms with Crippen molar-refractivity contribution >= 4 is 29.4 Å². The van der Waals surface area contributed by atoms with Crippen LogP contribution in [0.15, 0.2) is 48.5 Å². The molecule has 1 aliphatic heterocycles. The average Bonchev–Trinajstić information content (AvgIpc) is 2.87. The SMILES string of the molecule is O=C(NCc1ccc(F)cc1)N1CCS[C@@H](c2ccccc2Cl)CC1. The van der Waals surface area contributed by atoms with E-state index in [0.717, 1.165) is 28.3 Å². The molecule has 1 fully saturated rings. The summed E-state index contributed by atoms with van der Waals surface area (Å²) in [7, 11) is 0. The minimum absolute atomic E-state index is 0.0790. The Morgan fingerprint density at radius 2 is 1.96 bits per heavy atom. The van der Waals surface area contributed by atoms with Crippen LogP contribution in [0, 0.1) is 5.82 Å². The zero-order valence-corrected chi connectivity index (χ0v) is 15.3. The van der Waals surface area contributed by atoms with Crippen molar-refractivity contribution in [3.63, 3.8) is 0 Å². The highest BCUT2D eigenvalue weighted by Gasteiger charge is 2.23. The summed E-state index contributed by atoms with van der Waals surface area (Å²) < 4.78 is 12.9. The number of urea groups is 1. The van der Waals surface area contributed by atoms with Gasteiger partial charge in [-0.15, -0.1) is 0 Å². The van der Waals surface area contributed by atoms with Gasteiger partial charge >= 0.3 is 6.03 Å². The zero-order valence-electron chi connectivity index (χ0n) is 13.8. The molecule has 1 atom stereocenters. The number of thioether (sulfide) groups is 1. The molecule has 2 amide bonds. The molecule has 1 heterocycles. The highest BCUT2D eigenvalue weighted by atomic mass is 35.5. The molecule has 1 aliphatic rings. The largest absolute Gasteiger partial charge is 0.334 e. The fourth-order valence-corrected chi connectivity index (χ4v) is 4.45. The molecule has 2 aromatic carbocycles. The van der Waals surface area contributed by atoms with Crippen LogP contribution in [0.3, 0.4) is 0 Å². The van der Waals surface area contributed by atoms with Crippen molar-refractivity contribution < 1.29 is 9.18 Å². The van der Waals surface area contributed by atoms with E-state index < -0.39 is 0 Å². The van der Waals surface area contributed by atoms with Gasteiger partial charge in [0, 0.05) is 35.7 Å². The maximum absolute atomic E-state index is 12.9. The summed E-state index contributed by atoms with van der Waals surface area (Å²) in [6.07, 6.45) is 0.873. The molecule has 2 aromatic rings. The summed E-state index contributed by atoms with van der Waals surface area (Å²) in [5, 5.41) is 4.01. The molecule has 6 heteroatoms. The van der Waals surface area contributed by atoms with Crippen LogP contribution in [0.2, 0.25) is 5.02 Å². The number of rotatable bonds is 3. The van der Waals surface area contributed by atoms with E-state index >= 15 is 0 Å². The minimum Gasteiger partial charge on any atom is -0.334 e. The molecule has 1 saturated heterocycles. The maximum Gasteiger partial charge on any atom is 0.317 e. The highest BCUT2D eigenvalue weighted by Crippen LogP contribution is 2.37. The van der Waals surface area contributed by atoms with Crippen LogP contribution in [0.25, 0.3) is 0 Å². The molecular weight excluding hydrogens is 359 g/mol. The normalized spacial score (nSPS) is 17.8. The number of halogens is 2. The predicted molar refractivity (Wildman–Crippen MR) is 101 cm³/mol. The van der Waals surface area contributed by atoms with Gasteiger partial charge in [0.1, 0.15) is 5.82 Å². The van der Waals surface area contributed by atoms with Crippen LogP contribution in [-0.2, 0) is 6.54 Å². The van der Waals surface area contributed by atoms with E-state index in [-0.39, 0.29) is 11.8 Å². The molecule has 0 aliphatic carbocycles. The lowest BCUT2D eigenvalue weighted by molar-refractivity contribution is 0.200. The van der Waals surface area contributed by atoms with Crippen molar-refractivity contribution in [2.24, 2.45) is 0 Å². The van der Waals surface area contributed by atoms with Crippen LogP contribution >= 0.6 is 23.4 Å².